The zero-order valence-corrected chi connectivity index (χ0v) is 18.8. The van der Waals surface area contributed by atoms with Gasteiger partial charge in [-0.2, -0.15) is 0 Å². The van der Waals surface area contributed by atoms with Gasteiger partial charge in [0.15, 0.2) is 11.5 Å². The van der Waals surface area contributed by atoms with Crippen molar-refractivity contribution in [2.75, 3.05) is 45.2 Å². The molecule has 32 heavy (non-hydrogen) atoms. The van der Waals surface area contributed by atoms with E-state index in [1.54, 1.807) is 29.2 Å². The monoisotopic (exact) mass is 459 g/mol. The molecule has 0 radical (unpaired) electrons. The van der Waals surface area contributed by atoms with E-state index in [0.29, 0.717) is 54.1 Å². The third-order valence-electron chi connectivity index (χ3n) is 5.76. The molecular weight excluding hydrogens is 434 g/mol. The fourth-order valence-electron chi connectivity index (χ4n) is 3.86. The molecule has 1 fully saturated rings. The molecule has 2 aliphatic rings. The van der Waals surface area contributed by atoms with Crippen molar-refractivity contribution in [2.24, 2.45) is 0 Å². The van der Waals surface area contributed by atoms with E-state index in [2.05, 4.69) is 5.32 Å². The van der Waals surface area contributed by atoms with Gasteiger partial charge in [0.1, 0.15) is 12.4 Å². The number of rotatable bonds is 5. The first-order valence-electron chi connectivity index (χ1n) is 10.5. The third-order valence-corrected chi connectivity index (χ3v) is 5.99. The number of hydrogen-bond acceptors (Lipinski definition) is 6. The van der Waals surface area contributed by atoms with Crippen LogP contribution >= 0.6 is 11.6 Å². The molecule has 9 heteroatoms. The van der Waals surface area contributed by atoms with E-state index >= 15 is 0 Å². The first kappa shape index (κ1) is 22.2. The van der Waals surface area contributed by atoms with E-state index in [1.165, 1.54) is 7.11 Å². The second-order valence-corrected chi connectivity index (χ2v) is 8.17. The number of fused-ring (bicyclic) bond motifs is 1. The number of methoxy groups -OCH3 is 1. The molecule has 2 aromatic carbocycles. The van der Waals surface area contributed by atoms with Crippen LogP contribution in [0.15, 0.2) is 42.5 Å². The minimum Gasteiger partial charge on any atom is -0.495 e. The van der Waals surface area contributed by atoms with Crippen molar-refractivity contribution in [3.05, 3.63) is 47.5 Å². The number of carbonyl (C=O) groups is 2. The summed E-state index contributed by atoms with van der Waals surface area (Å²) in [6.07, 6.45) is -0.660. The van der Waals surface area contributed by atoms with Gasteiger partial charge in [0, 0.05) is 31.2 Å². The SMILES string of the molecule is COc1ccc(Cl)cc1NC(=O)[C@H](C)N1CCN(C(=O)[C@@H]2COc3ccccc3O2)CC1. The van der Waals surface area contributed by atoms with Gasteiger partial charge in [0.05, 0.1) is 18.8 Å². The van der Waals surface area contributed by atoms with Crippen molar-refractivity contribution in [1.29, 1.82) is 0 Å². The van der Waals surface area contributed by atoms with Crippen LogP contribution < -0.4 is 19.5 Å². The first-order valence-corrected chi connectivity index (χ1v) is 10.9. The molecule has 0 aliphatic carbocycles. The summed E-state index contributed by atoms with van der Waals surface area (Å²) in [7, 11) is 1.54. The number of para-hydroxylation sites is 2. The summed E-state index contributed by atoms with van der Waals surface area (Å²) in [5.74, 6) is 1.52. The molecule has 0 spiro atoms. The maximum absolute atomic E-state index is 12.9. The number of nitrogens with one attached hydrogen (secondary N) is 1. The second kappa shape index (κ2) is 9.67. The molecule has 170 valence electrons. The van der Waals surface area contributed by atoms with Gasteiger partial charge in [-0.3, -0.25) is 14.5 Å². The number of anilines is 1. The lowest BCUT2D eigenvalue weighted by Gasteiger charge is -2.39. The highest BCUT2D eigenvalue weighted by molar-refractivity contribution is 6.31. The molecule has 0 aromatic heterocycles. The van der Waals surface area contributed by atoms with Gasteiger partial charge < -0.3 is 24.4 Å². The van der Waals surface area contributed by atoms with Crippen LogP contribution in [0.25, 0.3) is 0 Å². The predicted molar refractivity (Wildman–Crippen MR) is 121 cm³/mol. The zero-order valence-electron chi connectivity index (χ0n) is 18.0. The Morgan fingerprint density at radius 1 is 1.12 bits per heavy atom. The Hall–Kier alpha value is -2.97. The van der Waals surface area contributed by atoms with Gasteiger partial charge in [-0.05, 0) is 37.3 Å². The van der Waals surface area contributed by atoms with Gasteiger partial charge >= 0.3 is 0 Å². The van der Waals surface area contributed by atoms with Crippen molar-refractivity contribution < 1.29 is 23.8 Å². The zero-order chi connectivity index (χ0) is 22.7. The van der Waals surface area contributed by atoms with Gasteiger partial charge in [-0.25, -0.2) is 0 Å². The average Bonchev–Trinajstić information content (AvgIpc) is 2.83. The number of ether oxygens (including phenoxy) is 3. The molecule has 8 nitrogen and oxygen atoms in total. The van der Waals surface area contributed by atoms with Gasteiger partial charge in [0.2, 0.25) is 12.0 Å². The van der Waals surface area contributed by atoms with Crippen molar-refractivity contribution in [1.82, 2.24) is 9.80 Å². The van der Waals surface area contributed by atoms with E-state index < -0.39 is 6.10 Å². The third kappa shape index (κ3) is 4.76. The Morgan fingerprint density at radius 3 is 2.56 bits per heavy atom. The Balaban J connectivity index is 1.31. The van der Waals surface area contributed by atoms with E-state index in [0.717, 1.165) is 0 Å². The molecule has 1 saturated heterocycles. The van der Waals surface area contributed by atoms with Crippen LogP contribution in [0.2, 0.25) is 5.02 Å². The maximum Gasteiger partial charge on any atom is 0.267 e. The molecule has 2 aliphatic heterocycles. The van der Waals surface area contributed by atoms with Crippen LogP contribution in [0.4, 0.5) is 5.69 Å². The van der Waals surface area contributed by atoms with Crippen LogP contribution in [-0.2, 0) is 9.59 Å². The Bertz CT molecular complexity index is 993. The number of halogens is 1. The van der Waals surface area contributed by atoms with Crippen LogP contribution in [0.1, 0.15) is 6.92 Å². The molecule has 2 heterocycles. The van der Waals surface area contributed by atoms with Gasteiger partial charge in [-0.15, -0.1) is 0 Å². The average molecular weight is 460 g/mol. The highest BCUT2D eigenvalue weighted by Crippen LogP contribution is 2.31. The topological polar surface area (TPSA) is 80.3 Å². The quantitative estimate of drug-likeness (QED) is 0.740. The minimum absolute atomic E-state index is 0.0973. The molecule has 0 bridgehead atoms. The summed E-state index contributed by atoms with van der Waals surface area (Å²) in [6.45, 7) is 4.22. The van der Waals surface area contributed by atoms with E-state index in [4.69, 9.17) is 25.8 Å². The van der Waals surface area contributed by atoms with E-state index in [1.807, 2.05) is 30.0 Å². The van der Waals surface area contributed by atoms with Crippen molar-refractivity contribution >= 4 is 29.1 Å². The molecule has 0 saturated carbocycles. The lowest BCUT2D eigenvalue weighted by Crippen LogP contribution is -2.57. The summed E-state index contributed by atoms with van der Waals surface area (Å²) in [6, 6.07) is 12.0. The lowest BCUT2D eigenvalue weighted by atomic mass is 10.2. The molecule has 4 rings (SSSR count). The van der Waals surface area contributed by atoms with Crippen LogP contribution in [0.3, 0.4) is 0 Å². The molecule has 1 N–H and O–H groups in total. The second-order valence-electron chi connectivity index (χ2n) is 7.74. The first-order chi connectivity index (χ1) is 15.5. The fraction of sp³-hybridized carbons (Fsp3) is 0.391. The van der Waals surface area contributed by atoms with Crippen molar-refractivity contribution in [3.63, 3.8) is 0 Å². The highest BCUT2D eigenvalue weighted by Gasteiger charge is 2.34. The number of benzene rings is 2. The summed E-state index contributed by atoms with van der Waals surface area (Å²) in [5.41, 5.74) is 0.528. The molecule has 2 amide bonds. The standard InChI is InChI=1S/C23H26ClN3O5/c1-15(22(28)25-17-13-16(24)7-8-18(17)30-2)26-9-11-27(12-10-26)23(29)21-14-31-19-5-3-4-6-20(19)32-21/h3-8,13,15,21H,9-12,14H2,1-2H3,(H,25,28)/t15-,21-/m0/s1. The number of amides is 2. The normalized spacial score (nSPS) is 19.2. The fourth-order valence-corrected chi connectivity index (χ4v) is 4.03. The number of hydrogen-bond donors (Lipinski definition) is 1. The van der Waals surface area contributed by atoms with Crippen molar-refractivity contribution in [3.8, 4) is 17.2 Å². The Morgan fingerprint density at radius 2 is 1.84 bits per heavy atom. The smallest absolute Gasteiger partial charge is 0.267 e. The van der Waals surface area contributed by atoms with Crippen LogP contribution in [-0.4, -0.2) is 73.7 Å². The molecular formula is C23H26ClN3O5. The summed E-state index contributed by atoms with van der Waals surface area (Å²) in [5, 5.41) is 3.40. The minimum atomic E-state index is -0.660. The van der Waals surface area contributed by atoms with E-state index in [-0.39, 0.29) is 24.5 Å². The summed E-state index contributed by atoms with van der Waals surface area (Å²) in [4.78, 5) is 29.5. The molecule has 2 atom stereocenters. The van der Waals surface area contributed by atoms with Crippen molar-refractivity contribution in [2.45, 2.75) is 19.1 Å². The van der Waals surface area contributed by atoms with Crippen LogP contribution in [0.5, 0.6) is 17.2 Å². The number of nitrogens with zero attached hydrogens (tertiary/aromatic N) is 2. The van der Waals surface area contributed by atoms with Crippen LogP contribution in [0, 0.1) is 0 Å². The lowest BCUT2D eigenvalue weighted by molar-refractivity contribution is -0.143. The van der Waals surface area contributed by atoms with E-state index in [9.17, 15) is 9.59 Å². The summed E-state index contributed by atoms with van der Waals surface area (Å²) < 4.78 is 16.8. The summed E-state index contributed by atoms with van der Waals surface area (Å²) >= 11 is 6.05. The number of piperazine rings is 1. The maximum atomic E-state index is 12.9. The Kier molecular flexibility index (Phi) is 6.72. The largest absolute Gasteiger partial charge is 0.495 e. The van der Waals surface area contributed by atoms with Gasteiger partial charge in [0.25, 0.3) is 5.91 Å². The molecule has 0 unspecified atom stereocenters. The van der Waals surface area contributed by atoms with Gasteiger partial charge in [-0.1, -0.05) is 23.7 Å². The number of carbonyl (C=O) groups excluding carboxylic acids is 2. The predicted octanol–water partition coefficient (Wildman–Crippen LogP) is 2.66. The molecule has 2 aromatic rings. The Labute approximate surface area is 192 Å². The highest BCUT2D eigenvalue weighted by atomic mass is 35.5.